The molecule has 3 heteroatoms. The van der Waals surface area contributed by atoms with Crippen molar-refractivity contribution in [2.45, 2.75) is 13.8 Å². The lowest BCUT2D eigenvalue weighted by Gasteiger charge is -2.01. The first-order valence-electron chi connectivity index (χ1n) is 6.20. The van der Waals surface area contributed by atoms with Crippen molar-refractivity contribution in [1.82, 2.24) is 9.97 Å². The smallest absolute Gasteiger partial charge is 0.196 e. The summed E-state index contributed by atoms with van der Waals surface area (Å²) in [6.45, 7) is 3.96. The molecule has 0 saturated carbocycles. The van der Waals surface area contributed by atoms with E-state index in [1.54, 1.807) is 24.5 Å². The summed E-state index contributed by atoms with van der Waals surface area (Å²) in [6, 6.07) is 9.67. The van der Waals surface area contributed by atoms with E-state index in [-0.39, 0.29) is 5.78 Å². The minimum absolute atomic E-state index is 0.0162. The molecule has 3 nitrogen and oxygen atoms in total. The highest BCUT2D eigenvalue weighted by molar-refractivity contribution is 6.17. The third-order valence-corrected chi connectivity index (χ3v) is 3.29. The first-order valence-corrected chi connectivity index (χ1v) is 6.20. The molecule has 0 atom stereocenters. The number of carbonyl (C=O) groups excluding carboxylic acids is 1. The van der Waals surface area contributed by atoms with Crippen LogP contribution in [0.15, 0.2) is 42.7 Å². The molecule has 0 spiro atoms. The lowest BCUT2D eigenvalue weighted by molar-refractivity contribution is 0.103. The predicted molar refractivity (Wildman–Crippen MR) is 75.4 cm³/mol. The fourth-order valence-electron chi connectivity index (χ4n) is 2.37. The van der Waals surface area contributed by atoms with Crippen LogP contribution in [-0.2, 0) is 0 Å². The summed E-state index contributed by atoms with van der Waals surface area (Å²) < 4.78 is 0. The van der Waals surface area contributed by atoms with Crippen LogP contribution in [0, 0.1) is 13.8 Å². The number of hydrogen-bond donors (Lipinski definition) is 1. The third-order valence-electron chi connectivity index (χ3n) is 3.29. The van der Waals surface area contributed by atoms with Gasteiger partial charge in [-0.25, -0.2) is 0 Å². The number of aryl methyl sites for hydroxylation is 2. The molecule has 3 aromatic rings. The van der Waals surface area contributed by atoms with Gasteiger partial charge in [-0.05, 0) is 38.1 Å². The fourth-order valence-corrected chi connectivity index (χ4v) is 2.37. The quantitative estimate of drug-likeness (QED) is 0.708. The molecule has 0 radical (unpaired) electrons. The van der Waals surface area contributed by atoms with Gasteiger partial charge in [-0.2, -0.15) is 0 Å². The van der Waals surface area contributed by atoms with E-state index >= 15 is 0 Å². The van der Waals surface area contributed by atoms with Crippen LogP contribution in [0.4, 0.5) is 0 Å². The Morgan fingerprint density at radius 2 is 2.05 bits per heavy atom. The number of aromatic amines is 1. The number of fused-ring (bicyclic) bond motifs is 1. The summed E-state index contributed by atoms with van der Waals surface area (Å²) in [4.78, 5) is 19.9. The Balaban J connectivity index is 2.22. The third kappa shape index (κ3) is 1.93. The highest BCUT2D eigenvalue weighted by Gasteiger charge is 2.17. The highest BCUT2D eigenvalue weighted by Crippen LogP contribution is 2.25. The van der Waals surface area contributed by atoms with E-state index < -0.39 is 0 Å². The van der Waals surface area contributed by atoms with Gasteiger partial charge in [0.1, 0.15) is 0 Å². The Labute approximate surface area is 111 Å². The van der Waals surface area contributed by atoms with Gasteiger partial charge in [-0.15, -0.1) is 0 Å². The maximum Gasteiger partial charge on any atom is 0.196 e. The standard InChI is InChI=1S/C16H14N2O/c1-10-5-6-14-13(8-10)15(11(2)18-14)16(19)12-4-3-7-17-9-12/h3-9,18H,1-2H3. The monoisotopic (exact) mass is 250 g/mol. The molecule has 0 saturated heterocycles. The maximum atomic E-state index is 12.6. The second-order valence-corrected chi connectivity index (χ2v) is 4.74. The topological polar surface area (TPSA) is 45.8 Å². The average Bonchev–Trinajstić information content (AvgIpc) is 2.74. The number of pyridine rings is 1. The molecule has 2 aromatic heterocycles. The van der Waals surface area contributed by atoms with Crippen molar-refractivity contribution >= 4 is 16.7 Å². The zero-order valence-electron chi connectivity index (χ0n) is 10.9. The minimum Gasteiger partial charge on any atom is -0.358 e. The summed E-state index contributed by atoms with van der Waals surface area (Å²) in [6.07, 6.45) is 3.28. The first kappa shape index (κ1) is 11.7. The van der Waals surface area contributed by atoms with E-state index in [9.17, 15) is 4.79 Å². The second-order valence-electron chi connectivity index (χ2n) is 4.74. The van der Waals surface area contributed by atoms with Gasteiger partial charge in [0, 0.05) is 34.6 Å². The van der Waals surface area contributed by atoms with Crippen molar-refractivity contribution < 1.29 is 4.79 Å². The molecule has 0 aliphatic heterocycles. The highest BCUT2D eigenvalue weighted by atomic mass is 16.1. The van der Waals surface area contributed by atoms with E-state index in [0.29, 0.717) is 5.56 Å². The Morgan fingerprint density at radius 1 is 1.21 bits per heavy atom. The van der Waals surface area contributed by atoms with Crippen molar-refractivity contribution in [3.8, 4) is 0 Å². The number of nitrogens with zero attached hydrogens (tertiary/aromatic N) is 1. The number of hydrogen-bond acceptors (Lipinski definition) is 2. The van der Waals surface area contributed by atoms with Crippen LogP contribution in [0.1, 0.15) is 27.2 Å². The average molecular weight is 250 g/mol. The Morgan fingerprint density at radius 3 is 2.79 bits per heavy atom. The van der Waals surface area contributed by atoms with Crippen LogP contribution >= 0.6 is 0 Å². The zero-order chi connectivity index (χ0) is 13.4. The van der Waals surface area contributed by atoms with Crippen LogP contribution < -0.4 is 0 Å². The van der Waals surface area contributed by atoms with Gasteiger partial charge >= 0.3 is 0 Å². The SMILES string of the molecule is Cc1ccc2[nH]c(C)c(C(=O)c3cccnc3)c2c1. The number of aromatic nitrogens is 2. The molecule has 0 amide bonds. The van der Waals surface area contributed by atoms with Gasteiger partial charge in [-0.1, -0.05) is 11.6 Å². The molecular weight excluding hydrogens is 236 g/mol. The van der Waals surface area contributed by atoms with Crippen LogP contribution in [0.5, 0.6) is 0 Å². The lowest BCUT2D eigenvalue weighted by atomic mass is 10.0. The number of nitrogens with one attached hydrogen (secondary N) is 1. The van der Waals surface area contributed by atoms with E-state index in [0.717, 1.165) is 27.7 Å². The van der Waals surface area contributed by atoms with Crippen LogP contribution in [0.2, 0.25) is 0 Å². The van der Waals surface area contributed by atoms with E-state index in [4.69, 9.17) is 0 Å². The molecule has 94 valence electrons. The molecule has 0 unspecified atom stereocenters. The number of benzene rings is 1. The van der Waals surface area contributed by atoms with Gasteiger partial charge < -0.3 is 4.98 Å². The fraction of sp³-hybridized carbons (Fsp3) is 0.125. The van der Waals surface area contributed by atoms with E-state index in [1.807, 2.05) is 32.0 Å². The Kier molecular flexibility index (Phi) is 2.67. The number of ketones is 1. The summed E-state index contributed by atoms with van der Waals surface area (Å²) in [5.74, 6) is 0.0162. The van der Waals surface area contributed by atoms with Gasteiger partial charge in [0.25, 0.3) is 0 Å². The molecule has 1 N–H and O–H groups in total. The number of rotatable bonds is 2. The Bertz CT molecular complexity index is 757. The van der Waals surface area contributed by atoms with E-state index in [2.05, 4.69) is 9.97 Å². The molecule has 0 aliphatic rings. The largest absolute Gasteiger partial charge is 0.358 e. The van der Waals surface area contributed by atoms with Gasteiger partial charge in [0.15, 0.2) is 5.78 Å². The molecular formula is C16H14N2O. The first-order chi connectivity index (χ1) is 9.16. The van der Waals surface area contributed by atoms with Crippen LogP contribution in [0.25, 0.3) is 10.9 Å². The van der Waals surface area contributed by atoms with Crippen molar-refractivity contribution in [3.63, 3.8) is 0 Å². The summed E-state index contributed by atoms with van der Waals surface area (Å²) in [5, 5.41) is 0.978. The summed E-state index contributed by atoms with van der Waals surface area (Å²) >= 11 is 0. The molecule has 1 aromatic carbocycles. The van der Waals surface area contributed by atoms with Crippen LogP contribution in [-0.4, -0.2) is 15.8 Å². The normalized spacial score (nSPS) is 10.8. The van der Waals surface area contributed by atoms with Gasteiger partial charge in [0.05, 0.1) is 5.56 Å². The summed E-state index contributed by atoms with van der Waals surface area (Å²) in [5.41, 5.74) is 4.40. The molecule has 2 heterocycles. The molecule has 0 aliphatic carbocycles. The molecule has 0 bridgehead atoms. The molecule has 0 fully saturated rings. The maximum absolute atomic E-state index is 12.6. The summed E-state index contributed by atoms with van der Waals surface area (Å²) in [7, 11) is 0. The van der Waals surface area contributed by atoms with Crippen LogP contribution in [0.3, 0.4) is 0 Å². The molecule has 19 heavy (non-hydrogen) atoms. The van der Waals surface area contributed by atoms with E-state index in [1.165, 1.54) is 0 Å². The van der Waals surface area contributed by atoms with Crippen molar-refractivity contribution in [3.05, 3.63) is 65.1 Å². The van der Waals surface area contributed by atoms with Crippen molar-refractivity contribution in [1.29, 1.82) is 0 Å². The number of H-pyrrole nitrogens is 1. The lowest BCUT2D eigenvalue weighted by Crippen LogP contribution is -2.02. The van der Waals surface area contributed by atoms with Crippen molar-refractivity contribution in [2.75, 3.05) is 0 Å². The van der Waals surface area contributed by atoms with Gasteiger partial charge in [0.2, 0.25) is 0 Å². The zero-order valence-corrected chi connectivity index (χ0v) is 10.9. The minimum atomic E-state index is 0.0162. The predicted octanol–water partition coefficient (Wildman–Crippen LogP) is 3.41. The van der Waals surface area contributed by atoms with Crippen molar-refractivity contribution in [2.24, 2.45) is 0 Å². The second kappa shape index (κ2) is 4.35. The molecule has 3 rings (SSSR count). The van der Waals surface area contributed by atoms with Gasteiger partial charge in [-0.3, -0.25) is 9.78 Å². The number of carbonyl (C=O) groups is 1. The Hall–Kier alpha value is -2.42.